The van der Waals surface area contributed by atoms with Crippen molar-refractivity contribution >= 4 is 39.0 Å². The van der Waals surface area contributed by atoms with Crippen LogP contribution in [-0.2, 0) is 0 Å². The van der Waals surface area contributed by atoms with E-state index in [1.807, 2.05) is 0 Å². The summed E-state index contributed by atoms with van der Waals surface area (Å²) < 4.78 is 0. The molecule has 1 unspecified atom stereocenters. The maximum Gasteiger partial charge on any atom is 0.225 e. The van der Waals surface area contributed by atoms with Gasteiger partial charge in [0, 0.05) is 10.9 Å². The SMILES string of the molecule is CCC(CC1CC1)Nc1nc(Cl)nc2sc(C)cc12. The number of nitrogens with zero attached hydrogens (tertiary/aromatic N) is 2. The van der Waals surface area contributed by atoms with E-state index in [2.05, 4.69) is 35.2 Å². The van der Waals surface area contributed by atoms with E-state index >= 15 is 0 Å². The van der Waals surface area contributed by atoms with Crippen molar-refractivity contribution in [3.8, 4) is 0 Å². The maximum absolute atomic E-state index is 6.02. The number of thiophene rings is 1. The summed E-state index contributed by atoms with van der Waals surface area (Å²) in [5.41, 5.74) is 0. The zero-order valence-electron chi connectivity index (χ0n) is 11.2. The van der Waals surface area contributed by atoms with Gasteiger partial charge in [0.15, 0.2) is 0 Å². The van der Waals surface area contributed by atoms with Crippen LogP contribution in [0.5, 0.6) is 0 Å². The number of hydrogen-bond donors (Lipinski definition) is 1. The highest BCUT2D eigenvalue weighted by atomic mass is 35.5. The van der Waals surface area contributed by atoms with Gasteiger partial charge in [-0.05, 0) is 43.4 Å². The molecule has 0 amide bonds. The molecule has 1 aliphatic rings. The Morgan fingerprint density at radius 3 is 2.95 bits per heavy atom. The average molecular weight is 296 g/mol. The van der Waals surface area contributed by atoms with Crippen molar-refractivity contribution in [2.45, 2.75) is 45.6 Å². The molecule has 102 valence electrons. The Morgan fingerprint density at radius 1 is 1.47 bits per heavy atom. The fourth-order valence-corrected chi connectivity index (χ4v) is 3.50. The summed E-state index contributed by atoms with van der Waals surface area (Å²) in [5, 5.41) is 5.00. The van der Waals surface area contributed by atoms with Crippen molar-refractivity contribution in [1.29, 1.82) is 0 Å². The van der Waals surface area contributed by atoms with Crippen molar-refractivity contribution in [1.82, 2.24) is 9.97 Å². The van der Waals surface area contributed by atoms with Crippen molar-refractivity contribution in [2.24, 2.45) is 5.92 Å². The lowest BCUT2D eigenvalue weighted by Gasteiger charge is -2.17. The minimum Gasteiger partial charge on any atom is -0.367 e. The molecule has 0 spiro atoms. The van der Waals surface area contributed by atoms with Crippen LogP contribution in [0.2, 0.25) is 5.28 Å². The number of aryl methyl sites for hydroxylation is 1. The number of rotatable bonds is 5. The van der Waals surface area contributed by atoms with Crippen LogP contribution in [0.3, 0.4) is 0 Å². The van der Waals surface area contributed by atoms with E-state index < -0.39 is 0 Å². The van der Waals surface area contributed by atoms with Gasteiger partial charge < -0.3 is 5.32 Å². The molecule has 1 saturated carbocycles. The number of hydrogen-bond acceptors (Lipinski definition) is 4. The first-order chi connectivity index (χ1) is 9.15. The first-order valence-corrected chi connectivity index (χ1v) is 8.05. The fourth-order valence-electron chi connectivity index (χ4n) is 2.40. The second-order valence-corrected chi connectivity index (χ2v) is 6.92. The van der Waals surface area contributed by atoms with Crippen LogP contribution in [0, 0.1) is 12.8 Å². The molecule has 0 radical (unpaired) electrons. The third-order valence-electron chi connectivity index (χ3n) is 3.64. The normalized spacial score (nSPS) is 16.8. The zero-order valence-corrected chi connectivity index (χ0v) is 12.8. The summed E-state index contributed by atoms with van der Waals surface area (Å²) in [6, 6.07) is 2.63. The van der Waals surface area contributed by atoms with Gasteiger partial charge in [0.1, 0.15) is 10.6 Å². The number of halogens is 1. The minimum atomic E-state index is 0.332. The summed E-state index contributed by atoms with van der Waals surface area (Å²) in [4.78, 5) is 10.9. The second-order valence-electron chi connectivity index (χ2n) is 5.35. The van der Waals surface area contributed by atoms with E-state index in [-0.39, 0.29) is 0 Å². The largest absolute Gasteiger partial charge is 0.367 e. The van der Waals surface area contributed by atoms with E-state index in [0.717, 1.165) is 28.4 Å². The van der Waals surface area contributed by atoms with E-state index in [4.69, 9.17) is 11.6 Å². The average Bonchev–Trinajstić information content (AvgIpc) is 3.09. The quantitative estimate of drug-likeness (QED) is 0.816. The molecule has 3 nitrogen and oxygen atoms in total. The van der Waals surface area contributed by atoms with E-state index in [1.165, 1.54) is 24.1 Å². The van der Waals surface area contributed by atoms with Crippen LogP contribution in [-0.4, -0.2) is 16.0 Å². The lowest BCUT2D eigenvalue weighted by atomic mass is 10.1. The molecule has 0 bridgehead atoms. The second kappa shape index (κ2) is 5.25. The highest BCUT2D eigenvalue weighted by molar-refractivity contribution is 7.18. The summed E-state index contributed by atoms with van der Waals surface area (Å²) in [6.45, 7) is 4.31. The van der Waals surface area contributed by atoms with E-state index in [9.17, 15) is 0 Å². The van der Waals surface area contributed by atoms with Gasteiger partial charge in [-0.15, -0.1) is 11.3 Å². The smallest absolute Gasteiger partial charge is 0.225 e. The molecule has 1 N–H and O–H groups in total. The number of fused-ring (bicyclic) bond motifs is 1. The molecular weight excluding hydrogens is 278 g/mol. The molecule has 2 heterocycles. The Morgan fingerprint density at radius 2 is 2.26 bits per heavy atom. The third-order valence-corrected chi connectivity index (χ3v) is 4.75. The molecule has 2 aromatic heterocycles. The van der Waals surface area contributed by atoms with Gasteiger partial charge in [0.2, 0.25) is 5.28 Å². The minimum absolute atomic E-state index is 0.332. The van der Waals surface area contributed by atoms with Gasteiger partial charge in [-0.25, -0.2) is 9.97 Å². The first-order valence-electron chi connectivity index (χ1n) is 6.86. The van der Waals surface area contributed by atoms with Crippen molar-refractivity contribution in [2.75, 3.05) is 5.32 Å². The summed E-state index contributed by atoms with van der Waals surface area (Å²) in [5.74, 6) is 1.81. The topological polar surface area (TPSA) is 37.8 Å². The number of nitrogens with one attached hydrogen (secondary N) is 1. The molecule has 3 rings (SSSR count). The van der Waals surface area contributed by atoms with Crippen molar-refractivity contribution in [3.05, 3.63) is 16.2 Å². The molecule has 0 aromatic carbocycles. The lowest BCUT2D eigenvalue weighted by molar-refractivity contribution is 0.585. The zero-order chi connectivity index (χ0) is 13.4. The van der Waals surface area contributed by atoms with Crippen molar-refractivity contribution < 1.29 is 0 Å². The highest BCUT2D eigenvalue weighted by Crippen LogP contribution is 2.36. The van der Waals surface area contributed by atoms with E-state index in [0.29, 0.717) is 11.3 Å². The van der Waals surface area contributed by atoms with Gasteiger partial charge in [0.05, 0.1) is 5.39 Å². The highest BCUT2D eigenvalue weighted by Gasteiger charge is 2.25. The van der Waals surface area contributed by atoms with Crippen LogP contribution >= 0.6 is 22.9 Å². The summed E-state index contributed by atoms with van der Waals surface area (Å²) in [7, 11) is 0. The Bertz CT molecular complexity index is 592. The maximum atomic E-state index is 6.02. The van der Waals surface area contributed by atoms with Crippen LogP contribution < -0.4 is 5.32 Å². The monoisotopic (exact) mass is 295 g/mol. The Labute approximate surface area is 122 Å². The predicted octanol–water partition coefficient (Wildman–Crippen LogP) is 4.64. The summed E-state index contributed by atoms with van der Waals surface area (Å²) >= 11 is 7.69. The lowest BCUT2D eigenvalue weighted by Crippen LogP contribution is -2.20. The number of aromatic nitrogens is 2. The Kier molecular flexibility index (Phi) is 3.63. The summed E-state index contributed by atoms with van der Waals surface area (Å²) in [6.07, 6.45) is 5.12. The molecule has 1 atom stereocenters. The van der Waals surface area contributed by atoms with Crippen LogP contribution in [0.4, 0.5) is 5.82 Å². The van der Waals surface area contributed by atoms with Gasteiger partial charge in [-0.2, -0.15) is 0 Å². The van der Waals surface area contributed by atoms with Gasteiger partial charge in [-0.3, -0.25) is 0 Å². The molecule has 2 aromatic rings. The third kappa shape index (κ3) is 3.00. The Hall–Kier alpha value is -0.870. The fraction of sp³-hybridized carbons (Fsp3) is 0.571. The Balaban J connectivity index is 1.89. The van der Waals surface area contributed by atoms with Gasteiger partial charge in [0.25, 0.3) is 0 Å². The molecule has 0 saturated heterocycles. The van der Waals surface area contributed by atoms with Gasteiger partial charge in [-0.1, -0.05) is 19.8 Å². The van der Waals surface area contributed by atoms with Crippen molar-refractivity contribution in [3.63, 3.8) is 0 Å². The molecule has 19 heavy (non-hydrogen) atoms. The predicted molar refractivity (Wildman–Crippen MR) is 82.2 cm³/mol. The van der Waals surface area contributed by atoms with E-state index in [1.54, 1.807) is 11.3 Å². The molecular formula is C14H18ClN3S. The van der Waals surface area contributed by atoms with Gasteiger partial charge >= 0.3 is 0 Å². The number of anilines is 1. The van der Waals surface area contributed by atoms with Crippen LogP contribution in [0.1, 0.15) is 37.5 Å². The van der Waals surface area contributed by atoms with Crippen LogP contribution in [0.15, 0.2) is 6.07 Å². The first kappa shape index (κ1) is 13.1. The molecule has 1 fully saturated rings. The molecule has 0 aliphatic heterocycles. The molecule has 1 aliphatic carbocycles. The molecule has 5 heteroatoms. The van der Waals surface area contributed by atoms with Crippen LogP contribution in [0.25, 0.3) is 10.2 Å². The standard InChI is InChI=1S/C14H18ClN3S/c1-3-10(7-9-4-5-9)16-12-11-6-8(2)19-13(11)18-14(15)17-12/h6,9-10H,3-5,7H2,1-2H3,(H,16,17,18).